The van der Waals surface area contributed by atoms with Crippen molar-refractivity contribution in [3.05, 3.63) is 58.0 Å². The van der Waals surface area contributed by atoms with Gasteiger partial charge in [0.05, 0.1) is 12.7 Å². The number of pyridine rings is 1. The maximum atomic E-state index is 12.9. The van der Waals surface area contributed by atoms with E-state index in [0.29, 0.717) is 30.0 Å². The third-order valence-corrected chi connectivity index (χ3v) is 4.28. The van der Waals surface area contributed by atoms with Crippen LogP contribution in [0.2, 0.25) is 0 Å². The highest BCUT2D eigenvalue weighted by atomic mass is 16.5. The van der Waals surface area contributed by atoms with Gasteiger partial charge in [0.25, 0.3) is 17.4 Å². The van der Waals surface area contributed by atoms with Crippen molar-refractivity contribution in [2.24, 2.45) is 7.05 Å². The first-order chi connectivity index (χ1) is 13.4. The standard InChI is InChI=1S/C21H27N3O4/c1-5-10-24(11-6-2)20(26)16-13-18(21(27)23(3)14-16)22-19(25)15-8-7-9-17(12-15)28-4/h7-9,12-14H,5-6,10-11H2,1-4H3,(H,22,25). The van der Waals surface area contributed by atoms with Gasteiger partial charge in [0, 0.05) is 31.9 Å². The quantitative estimate of drug-likeness (QED) is 0.758. The van der Waals surface area contributed by atoms with Gasteiger partial charge in [-0.2, -0.15) is 0 Å². The topological polar surface area (TPSA) is 80.6 Å². The number of carbonyl (C=O) groups excluding carboxylic acids is 2. The number of hydrogen-bond acceptors (Lipinski definition) is 4. The van der Waals surface area contributed by atoms with Crippen LogP contribution >= 0.6 is 0 Å². The summed E-state index contributed by atoms with van der Waals surface area (Å²) in [5.41, 5.74) is 0.404. The van der Waals surface area contributed by atoms with Crippen molar-refractivity contribution >= 4 is 17.5 Å². The van der Waals surface area contributed by atoms with Crippen LogP contribution in [0.25, 0.3) is 0 Å². The second-order valence-electron chi connectivity index (χ2n) is 6.54. The highest BCUT2D eigenvalue weighted by Gasteiger charge is 2.18. The van der Waals surface area contributed by atoms with Gasteiger partial charge < -0.3 is 19.5 Å². The van der Waals surface area contributed by atoms with E-state index in [-0.39, 0.29) is 17.2 Å². The fraction of sp³-hybridized carbons (Fsp3) is 0.381. The van der Waals surface area contributed by atoms with Gasteiger partial charge in [0.15, 0.2) is 0 Å². The van der Waals surface area contributed by atoms with Crippen LogP contribution in [0.1, 0.15) is 47.4 Å². The number of amides is 2. The van der Waals surface area contributed by atoms with Crippen LogP contribution in [0.15, 0.2) is 41.3 Å². The Morgan fingerprint density at radius 2 is 1.79 bits per heavy atom. The largest absolute Gasteiger partial charge is 0.497 e. The van der Waals surface area contributed by atoms with Gasteiger partial charge in [-0.25, -0.2) is 0 Å². The van der Waals surface area contributed by atoms with E-state index in [1.165, 1.54) is 23.9 Å². The third-order valence-electron chi connectivity index (χ3n) is 4.28. The van der Waals surface area contributed by atoms with Crippen molar-refractivity contribution in [1.82, 2.24) is 9.47 Å². The molecule has 0 saturated heterocycles. The van der Waals surface area contributed by atoms with E-state index in [4.69, 9.17) is 4.74 Å². The minimum atomic E-state index is -0.445. The highest BCUT2D eigenvalue weighted by Crippen LogP contribution is 2.15. The van der Waals surface area contributed by atoms with Crippen molar-refractivity contribution in [1.29, 1.82) is 0 Å². The molecule has 2 aromatic rings. The molecule has 0 atom stereocenters. The number of rotatable bonds is 8. The molecule has 0 aliphatic heterocycles. The number of methoxy groups -OCH3 is 1. The summed E-state index contributed by atoms with van der Waals surface area (Å²) in [6.45, 7) is 5.30. The molecule has 1 aromatic carbocycles. The first-order valence-electron chi connectivity index (χ1n) is 9.36. The Kier molecular flexibility index (Phi) is 7.37. The minimum absolute atomic E-state index is 0.0640. The summed E-state index contributed by atoms with van der Waals surface area (Å²) < 4.78 is 6.43. The molecule has 0 saturated carbocycles. The van der Waals surface area contributed by atoms with Gasteiger partial charge in [-0.05, 0) is 37.1 Å². The number of anilines is 1. The maximum Gasteiger partial charge on any atom is 0.274 e. The molecular weight excluding hydrogens is 358 g/mol. The van der Waals surface area contributed by atoms with Crippen molar-refractivity contribution < 1.29 is 14.3 Å². The average molecular weight is 385 g/mol. The minimum Gasteiger partial charge on any atom is -0.497 e. The lowest BCUT2D eigenvalue weighted by Gasteiger charge is -2.22. The lowest BCUT2D eigenvalue weighted by molar-refractivity contribution is 0.0754. The van der Waals surface area contributed by atoms with E-state index in [1.54, 1.807) is 36.2 Å². The summed E-state index contributed by atoms with van der Waals surface area (Å²) in [7, 11) is 3.07. The molecule has 0 fully saturated rings. The van der Waals surface area contributed by atoms with Crippen LogP contribution in [-0.4, -0.2) is 41.5 Å². The molecule has 2 amide bonds. The van der Waals surface area contributed by atoms with Crippen LogP contribution in [-0.2, 0) is 7.05 Å². The van der Waals surface area contributed by atoms with E-state index in [2.05, 4.69) is 5.32 Å². The van der Waals surface area contributed by atoms with E-state index in [9.17, 15) is 14.4 Å². The van der Waals surface area contributed by atoms with Gasteiger partial charge in [0.2, 0.25) is 0 Å². The molecule has 1 N–H and O–H groups in total. The fourth-order valence-electron chi connectivity index (χ4n) is 2.91. The predicted molar refractivity (Wildman–Crippen MR) is 109 cm³/mol. The molecule has 2 rings (SSSR count). The van der Waals surface area contributed by atoms with Crippen LogP contribution in [0.5, 0.6) is 5.75 Å². The lowest BCUT2D eigenvalue weighted by atomic mass is 10.1. The smallest absolute Gasteiger partial charge is 0.274 e. The van der Waals surface area contributed by atoms with Gasteiger partial charge in [0.1, 0.15) is 11.4 Å². The van der Waals surface area contributed by atoms with Crippen molar-refractivity contribution in [2.75, 3.05) is 25.5 Å². The third kappa shape index (κ3) is 5.00. The molecule has 0 aliphatic carbocycles. The van der Waals surface area contributed by atoms with E-state index < -0.39 is 5.91 Å². The molecule has 150 valence electrons. The molecule has 28 heavy (non-hydrogen) atoms. The Labute approximate surface area is 164 Å². The lowest BCUT2D eigenvalue weighted by Crippen LogP contribution is -2.34. The number of aromatic nitrogens is 1. The van der Waals surface area contributed by atoms with Gasteiger partial charge in [-0.1, -0.05) is 19.9 Å². The molecule has 0 unspecified atom stereocenters. The first kappa shape index (κ1) is 21.2. The van der Waals surface area contributed by atoms with Crippen molar-refractivity contribution in [3.63, 3.8) is 0 Å². The zero-order chi connectivity index (χ0) is 20.7. The molecule has 7 nitrogen and oxygen atoms in total. The van der Waals surface area contributed by atoms with E-state index >= 15 is 0 Å². The highest BCUT2D eigenvalue weighted by molar-refractivity contribution is 6.05. The Bertz CT molecular complexity index is 899. The van der Waals surface area contributed by atoms with Crippen LogP contribution in [0.3, 0.4) is 0 Å². The predicted octanol–water partition coefficient (Wildman–Crippen LogP) is 2.91. The Hall–Kier alpha value is -3.09. The summed E-state index contributed by atoms with van der Waals surface area (Å²) >= 11 is 0. The summed E-state index contributed by atoms with van der Waals surface area (Å²) in [6.07, 6.45) is 3.19. The second kappa shape index (κ2) is 9.73. The molecule has 1 heterocycles. The summed E-state index contributed by atoms with van der Waals surface area (Å²) in [5.74, 6) is -0.0602. The number of ether oxygens (including phenoxy) is 1. The molecule has 0 bridgehead atoms. The Morgan fingerprint density at radius 1 is 1.11 bits per heavy atom. The maximum absolute atomic E-state index is 12.9. The Morgan fingerprint density at radius 3 is 2.39 bits per heavy atom. The number of nitrogens with one attached hydrogen (secondary N) is 1. The van der Waals surface area contributed by atoms with E-state index in [1.807, 2.05) is 13.8 Å². The van der Waals surface area contributed by atoms with Gasteiger partial charge in [-0.15, -0.1) is 0 Å². The van der Waals surface area contributed by atoms with Crippen LogP contribution in [0, 0.1) is 0 Å². The van der Waals surface area contributed by atoms with Gasteiger partial charge >= 0.3 is 0 Å². The van der Waals surface area contributed by atoms with Gasteiger partial charge in [-0.3, -0.25) is 14.4 Å². The number of aryl methyl sites for hydroxylation is 1. The normalized spacial score (nSPS) is 10.4. The van der Waals surface area contributed by atoms with Crippen LogP contribution in [0.4, 0.5) is 5.69 Å². The van der Waals surface area contributed by atoms with E-state index in [0.717, 1.165) is 12.8 Å². The SMILES string of the molecule is CCCN(CCC)C(=O)c1cc(NC(=O)c2cccc(OC)c2)c(=O)n(C)c1. The molecule has 1 aromatic heterocycles. The second-order valence-corrected chi connectivity index (χ2v) is 6.54. The number of carbonyl (C=O) groups is 2. The molecule has 7 heteroatoms. The zero-order valence-electron chi connectivity index (χ0n) is 16.8. The van der Waals surface area contributed by atoms with Crippen LogP contribution < -0.4 is 15.6 Å². The monoisotopic (exact) mass is 385 g/mol. The first-order valence-corrected chi connectivity index (χ1v) is 9.36. The summed E-state index contributed by atoms with van der Waals surface area (Å²) in [5, 5.41) is 2.62. The summed E-state index contributed by atoms with van der Waals surface area (Å²) in [4.78, 5) is 39.6. The molecule has 0 spiro atoms. The Balaban J connectivity index is 2.33. The number of nitrogens with zero attached hydrogens (tertiary/aromatic N) is 2. The fourth-order valence-corrected chi connectivity index (χ4v) is 2.91. The molecule has 0 aliphatic rings. The number of hydrogen-bond donors (Lipinski definition) is 1. The zero-order valence-corrected chi connectivity index (χ0v) is 16.8. The summed E-state index contributed by atoms with van der Waals surface area (Å²) in [6, 6.07) is 8.08. The number of benzene rings is 1. The molecule has 0 radical (unpaired) electrons. The van der Waals surface area contributed by atoms with Crippen molar-refractivity contribution in [3.8, 4) is 5.75 Å². The average Bonchev–Trinajstić information content (AvgIpc) is 2.70. The van der Waals surface area contributed by atoms with Crippen molar-refractivity contribution in [2.45, 2.75) is 26.7 Å². The molecular formula is C21H27N3O4.